The summed E-state index contributed by atoms with van der Waals surface area (Å²) in [4.78, 5) is 24.3. The summed E-state index contributed by atoms with van der Waals surface area (Å²) in [7, 11) is 0. The number of benzene rings is 1. The lowest BCUT2D eigenvalue weighted by Crippen LogP contribution is -2.46. The molecule has 1 aromatic rings. The molecule has 1 aliphatic heterocycles. The lowest BCUT2D eigenvalue weighted by Gasteiger charge is -2.32. The van der Waals surface area contributed by atoms with Crippen LogP contribution in [0.25, 0.3) is 0 Å². The van der Waals surface area contributed by atoms with Crippen LogP contribution in [0, 0.1) is 5.41 Å². The van der Waals surface area contributed by atoms with Crippen molar-refractivity contribution >= 4 is 29.3 Å². The number of amides is 2. The van der Waals surface area contributed by atoms with E-state index in [1.807, 2.05) is 31.2 Å². The summed E-state index contributed by atoms with van der Waals surface area (Å²) in [6.07, 6.45) is 1.88. The molecule has 1 atom stereocenters. The Balaban J connectivity index is 2.08. The largest absolute Gasteiger partial charge is 0.369 e. The van der Waals surface area contributed by atoms with Gasteiger partial charge in [0.15, 0.2) is 0 Å². The smallest absolute Gasteiger partial charge is 0.231 e. The Morgan fingerprint density at radius 3 is 2.86 bits per heavy atom. The van der Waals surface area contributed by atoms with Crippen molar-refractivity contribution in [2.75, 3.05) is 24.2 Å². The van der Waals surface area contributed by atoms with Gasteiger partial charge in [-0.1, -0.05) is 12.1 Å². The quantitative estimate of drug-likeness (QED) is 0.721. The van der Waals surface area contributed by atoms with E-state index in [1.165, 1.54) is 11.8 Å². The summed E-state index contributed by atoms with van der Waals surface area (Å²) in [5, 5.41) is 6.26. The third kappa shape index (κ3) is 4.22. The van der Waals surface area contributed by atoms with Crippen LogP contribution in [-0.2, 0) is 9.59 Å². The van der Waals surface area contributed by atoms with Crippen molar-refractivity contribution in [1.82, 2.24) is 5.32 Å². The zero-order chi connectivity index (χ0) is 15.3. The number of primary amides is 1. The number of thioether (sulfide) groups is 1. The van der Waals surface area contributed by atoms with Gasteiger partial charge < -0.3 is 16.4 Å². The second-order valence-electron chi connectivity index (χ2n) is 5.55. The Morgan fingerprint density at radius 1 is 1.43 bits per heavy atom. The number of hydrogen-bond acceptors (Lipinski definition) is 4. The van der Waals surface area contributed by atoms with E-state index in [0.29, 0.717) is 6.54 Å². The number of carbonyl (C=O) groups excluding carboxylic acids is 2. The highest BCUT2D eigenvalue weighted by atomic mass is 32.2. The van der Waals surface area contributed by atoms with Gasteiger partial charge in [-0.15, -0.1) is 11.8 Å². The van der Waals surface area contributed by atoms with E-state index in [0.717, 1.165) is 30.0 Å². The molecule has 1 heterocycles. The molecule has 21 heavy (non-hydrogen) atoms. The summed E-state index contributed by atoms with van der Waals surface area (Å²) in [6.45, 7) is 3.64. The van der Waals surface area contributed by atoms with Gasteiger partial charge in [0, 0.05) is 11.4 Å². The Hall–Kier alpha value is -1.53. The molecular formula is C15H21N3O2S. The van der Waals surface area contributed by atoms with Gasteiger partial charge >= 0.3 is 0 Å². The van der Waals surface area contributed by atoms with E-state index in [4.69, 9.17) is 5.73 Å². The van der Waals surface area contributed by atoms with Crippen LogP contribution < -0.4 is 16.4 Å². The number of anilines is 1. The van der Waals surface area contributed by atoms with Crippen LogP contribution in [-0.4, -0.2) is 30.7 Å². The fourth-order valence-electron chi connectivity index (χ4n) is 2.37. The van der Waals surface area contributed by atoms with E-state index in [-0.39, 0.29) is 23.0 Å². The molecule has 0 radical (unpaired) electrons. The first kappa shape index (κ1) is 15.9. The van der Waals surface area contributed by atoms with E-state index in [9.17, 15) is 9.59 Å². The first-order chi connectivity index (χ1) is 10.0. The molecule has 5 nitrogen and oxygen atoms in total. The zero-order valence-electron chi connectivity index (χ0n) is 12.1. The van der Waals surface area contributed by atoms with Crippen LogP contribution in [0.15, 0.2) is 29.2 Å². The zero-order valence-corrected chi connectivity index (χ0v) is 13.0. The van der Waals surface area contributed by atoms with Crippen LogP contribution >= 0.6 is 11.8 Å². The molecule has 4 N–H and O–H groups in total. The van der Waals surface area contributed by atoms with Crippen molar-refractivity contribution in [2.24, 2.45) is 11.1 Å². The lowest BCUT2D eigenvalue weighted by molar-refractivity contribution is -0.125. The average Bonchev–Trinajstić information content (AvgIpc) is 2.47. The van der Waals surface area contributed by atoms with Crippen molar-refractivity contribution in [2.45, 2.75) is 24.7 Å². The molecule has 0 saturated carbocycles. The highest BCUT2D eigenvalue weighted by Gasteiger charge is 2.34. The van der Waals surface area contributed by atoms with Gasteiger partial charge in [0.25, 0.3) is 0 Å². The molecule has 0 aromatic heterocycles. The molecule has 1 aliphatic rings. The summed E-state index contributed by atoms with van der Waals surface area (Å²) < 4.78 is 0. The fourth-order valence-corrected chi connectivity index (χ4v) is 3.12. The number of rotatable bonds is 5. The Kier molecular flexibility index (Phi) is 5.25. The van der Waals surface area contributed by atoms with Crippen molar-refractivity contribution in [3.63, 3.8) is 0 Å². The summed E-state index contributed by atoms with van der Waals surface area (Å²) in [6, 6.07) is 7.47. The number of hydrogen-bond donors (Lipinski definition) is 3. The molecule has 1 fully saturated rings. The van der Waals surface area contributed by atoms with Crippen LogP contribution in [0.2, 0.25) is 0 Å². The van der Waals surface area contributed by atoms with Gasteiger partial charge in [0.2, 0.25) is 11.8 Å². The minimum Gasteiger partial charge on any atom is -0.369 e. The standard InChI is InChI=1S/C15H21N3O2S/c1-15(7-4-8-17-10-15)14(20)18-11-5-2-3-6-12(11)21-9-13(16)19/h2-3,5-6,17H,4,7-10H2,1H3,(H2,16,19)(H,18,20). The highest BCUT2D eigenvalue weighted by Crippen LogP contribution is 2.31. The molecule has 0 aliphatic carbocycles. The molecule has 114 valence electrons. The molecule has 2 rings (SSSR count). The number of nitrogens with two attached hydrogens (primary N) is 1. The second kappa shape index (κ2) is 6.95. The van der Waals surface area contributed by atoms with Crippen molar-refractivity contribution in [3.05, 3.63) is 24.3 Å². The van der Waals surface area contributed by atoms with Gasteiger partial charge in [-0.2, -0.15) is 0 Å². The number of piperidine rings is 1. The van der Waals surface area contributed by atoms with Crippen LogP contribution in [0.4, 0.5) is 5.69 Å². The summed E-state index contributed by atoms with van der Waals surface area (Å²) in [5.74, 6) is -0.155. The number of para-hydroxylation sites is 1. The van der Waals surface area contributed by atoms with Gasteiger partial charge in [-0.3, -0.25) is 9.59 Å². The topological polar surface area (TPSA) is 84.2 Å². The Morgan fingerprint density at radius 2 is 2.19 bits per heavy atom. The second-order valence-corrected chi connectivity index (χ2v) is 6.56. The van der Waals surface area contributed by atoms with E-state index in [1.54, 1.807) is 0 Å². The monoisotopic (exact) mass is 307 g/mol. The van der Waals surface area contributed by atoms with Crippen molar-refractivity contribution in [3.8, 4) is 0 Å². The molecule has 1 unspecified atom stereocenters. The maximum absolute atomic E-state index is 12.5. The van der Waals surface area contributed by atoms with Gasteiger partial charge in [0.05, 0.1) is 16.9 Å². The highest BCUT2D eigenvalue weighted by molar-refractivity contribution is 8.00. The molecule has 2 amide bonds. The molecule has 0 spiro atoms. The third-order valence-electron chi connectivity index (χ3n) is 3.65. The van der Waals surface area contributed by atoms with Crippen LogP contribution in [0.3, 0.4) is 0 Å². The van der Waals surface area contributed by atoms with Crippen molar-refractivity contribution < 1.29 is 9.59 Å². The SMILES string of the molecule is CC1(C(=O)Nc2ccccc2SCC(N)=O)CCCNC1. The summed E-state index contributed by atoms with van der Waals surface area (Å²) in [5.41, 5.74) is 5.52. The van der Waals surface area contributed by atoms with Crippen molar-refractivity contribution in [1.29, 1.82) is 0 Å². The predicted octanol–water partition coefficient (Wildman–Crippen LogP) is 1.59. The minimum atomic E-state index is -0.389. The molecule has 1 saturated heterocycles. The van der Waals surface area contributed by atoms with E-state index < -0.39 is 0 Å². The maximum Gasteiger partial charge on any atom is 0.231 e. The van der Waals surface area contributed by atoms with Gasteiger partial charge in [0.1, 0.15) is 0 Å². The van der Waals surface area contributed by atoms with E-state index >= 15 is 0 Å². The van der Waals surface area contributed by atoms with Crippen LogP contribution in [0.1, 0.15) is 19.8 Å². The third-order valence-corrected chi connectivity index (χ3v) is 4.75. The first-order valence-electron chi connectivity index (χ1n) is 7.03. The van der Waals surface area contributed by atoms with Gasteiger partial charge in [-0.25, -0.2) is 0 Å². The number of nitrogens with one attached hydrogen (secondary N) is 2. The van der Waals surface area contributed by atoms with E-state index in [2.05, 4.69) is 10.6 Å². The Bertz CT molecular complexity index is 527. The normalized spacial score (nSPS) is 21.8. The first-order valence-corrected chi connectivity index (χ1v) is 8.02. The Labute approximate surface area is 129 Å². The van der Waals surface area contributed by atoms with Gasteiger partial charge in [-0.05, 0) is 38.4 Å². The average molecular weight is 307 g/mol. The summed E-state index contributed by atoms with van der Waals surface area (Å²) >= 11 is 1.34. The molecule has 6 heteroatoms. The molecular weight excluding hydrogens is 286 g/mol. The maximum atomic E-state index is 12.5. The molecule has 1 aromatic carbocycles. The predicted molar refractivity (Wildman–Crippen MR) is 85.2 cm³/mol. The van der Waals surface area contributed by atoms with Crippen LogP contribution in [0.5, 0.6) is 0 Å². The molecule has 0 bridgehead atoms. The fraction of sp³-hybridized carbons (Fsp3) is 0.467. The number of carbonyl (C=O) groups is 2. The lowest BCUT2D eigenvalue weighted by atomic mass is 9.82. The minimum absolute atomic E-state index is 0.0156.